The molecule has 0 radical (unpaired) electrons. The Bertz CT molecular complexity index is 1280. The van der Waals surface area contributed by atoms with Crippen LogP contribution in [-0.4, -0.2) is 39.1 Å². The first-order chi connectivity index (χ1) is 16.8. The van der Waals surface area contributed by atoms with Crippen LogP contribution in [0.4, 0.5) is 8.78 Å². The van der Waals surface area contributed by atoms with Crippen LogP contribution in [-0.2, 0) is 16.9 Å². The Kier molecular flexibility index (Phi) is 7.07. The van der Waals surface area contributed by atoms with Crippen LogP contribution in [0.25, 0.3) is 11.1 Å². The number of carbonyl (C=O) groups excluding carboxylic acids is 1. The van der Waals surface area contributed by atoms with Crippen molar-refractivity contribution in [2.75, 3.05) is 13.6 Å². The Morgan fingerprint density at radius 3 is 2.43 bits per heavy atom. The maximum atomic E-state index is 14.9. The van der Waals surface area contributed by atoms with Gasteiger partial charge in [0.25, 0.3) is 0 Å². The van der Waals surface area contributed by atoms with Gasteiger partial charge in [-0.1, -0.05) is 54.6 Å². The summed E-state index contributed by atoms with van der Waals surface area (Å²) >= 11 is 0. The first-order valence-corrected chi connectivity index (χ1v) is 11.3. The van der Waals surface area contributed by atoms with Crippen molar-refractivity contribution >= 4 is 5.91 Å². The number of likely N-dealkylation sites (N-methyl/N-ethyl adjacent to an activating group) is 1. The van der Waals surface area contributed by atoms with Crippen LogP contribution in [0.15, 0.2) is 91.5 Å². The predicted octanol–water partition coefficient (Wildman–Crippen LogP) is 4.98. The van der Waals surface area contributed by atoms with Crippen molar-refractivity contribution in [3.05, 3.63) is 114 Å². The van der Waals surface area contributed by atoms with Crippen LogP contribution < -0.4 is 0 Å². The van der Waals surface area contributed by atoms with Crippen LogP contribution in [0.1, 0.15) is 24.0 Å². The molecular weight excluding hydrogens is 448 g/mol. The second-order valence-electron chi connectivity index (χ2n) is 8.79. The van der Waals surface area contributed by atoms with Crippen LogP contribution in [0.2, 0.25) is 0 Å². The van der Waals surface area contributed by atoms with E-state index in [2.05, 4.69) is 4.98 Å². The molecule has 2 atom stereocenters. The first kappa shape index (κ1) is 24.3. The fourth-order valence-corrected chi connectivity index (χ4v) is 4.27. The number of rotatable bonds is 8. The van der Waals surface area contributed by atoms with Crippen molar-refractivity contribution in [1.29, 1.82) is 0 Å². The summed E-state index contributed by atoms with van der Waals surface area (Å²) in [7, 11) is 1.59. The molecule has 1 amide bonds. The molecule has 0 aliphatic rings. The molecule has 4 rings (SSSR count). The molecule has 1 aromatic heterocycles. The summed E-state index contributed by atoms with van der Waals surface area (Å²) in [6, 6.07) is 19.6. The summed E-state index contributed by atoms with van der Waals surface area (Å²) in [5, 5.41) is 11.6. The third-order valence-electron chi connectivity index (χ3n) is 6.21. The molecule has 0 aliphatic heterocycles. The highest BCUT2D eigenvalue weighted by atomic mass is 19.1. The minimum Gasteiger partial charge on any atom is -0.381 e. The maximum absolute atomic E-state index is 14.9. The van der Waals surface area contributed by atoms with Gasteiger partial charge in [-0.15, -0.1) is 0 Å². The highest BCUT2D eigenvalue weighted by Crippen LogP contribution is 2.29. The van der Waals surface area contributed by atoms with E-state index < -0.39 is 23.2 Å². The molecule has 7 heteroatoms. The zero-order chi connectivity index (χ0) is 25.0. The van der Waals surface area contributed by atoms with E-state index in [-0.39, 0.29) is 19.0 Å². The maximum Gasteiger partial charge on any atom is 0.229 e. The molecule has 35 heavy (non-hydrogen) atoms. The Morgan fingerprint density at radius 1 is 1.09 bits per heavy atom. The molecule has 3 aromatic carbocycles. The number of nitrogens with zero attached hydrogens (tertiary/aromatic N) is 3. The topological polar surface area (TPSA) is 58.4 Å². The molecule has 0 spiro atoms. The van der Waals surface area contributed by atoms with E-state index in [9.17, 15) is 18.7 Å². The van der Waals surface area contributed by atoms with Gasteiger partial charge in [0.05, 0.1) is 25.3 Å². The minimum atomic E-state index is -1.50. The number of aromatic nitrogens is 2. The van der Waals surface area contributed by atoms with Crippen LogP contribution in [0.5, 0.6) is 0 Å². The van der Waals surface area contributed by atoms with Crippen LogP contribution >= 0.6 is 0 Å². The number of benzene rings is 3. The third-order valence-corrected chi connectivity index (χ3v) is 6.21. The van der Waals surface area contributed by atoms with Crippen molar-refractivity contribution in [2.45, 2.75) is 25.0 Å². The van der Waals surface area contributed by atoms with Gasteiger partial charge in [-0.25, -0.2) is 13.8 Å². The van der Waals surface area contributed by atoms with Gasteiger partial charge in [0.15, 0.2) is 0 Å². The second kappa shape index (κ2) is 10.2. The molecule has 1 unspecified atom stereocenters. The fraction of sp³-hybridized carbons (Fsp3) is 0.214. The molecule has 0 saturated carbocycles. The summed E-state index contributed by atoms with van der Waals surface area (Å²) in [4.78, 5) is 18.7. The van der Waals surface area contributed by atoms with E-state index in [1.54, 1.807) is 49.4 Å². The molecule has 1 N–H and O–H groups in total. The van der Waals surface area contributed by atoms with E-state index in [0.717, 1.165) is 5.56 Å². The molecule has 5 nitrogen and oxygen atoms in total. The van der Waals surface area contributed by atoms with Crippen molar-refractivity contribution in [1.82, 2.24) is 14.5 Å². The summed E-state index contributed by atoms with van der Waals surface area (Å²) in [5.74, 6) is -1.73. The number of halogens is 2. The van der Waals surface area contributed by atoms with Gasteiger partial charge < -0.3 is 14.6 Å². The summed E-state index contributed by atoms with van der Waals surface area (Å²) in [6.07, 6.45) is 4.86. The van der Waals surface area contributed by atoms with Gasteiger partial charge in [0.1, 0.15) is 17.2 Å². The van der Waals surface area contributed by atoms with E-state index in [4.69, 9.17) is 0 Å². The quantitative estimate of drug-likeness (QED) is 0.391. The summed E-state index contributed by atoms with van der Waals surface area (Å²) in [6.45, 7) is 1.78. The molecule has 0 saturated heterocycles. The van der Waals surface area contributed by atoms with Gasteiger partial charge in [-0.2, -0.15) is 0 Å². The predicted molar refractivity (Wildman–Crippen MR) is 130 cm³/mol. The fourth-order valence-electron chi connectivity index (χ4n) is 4.27. The lowest BCUT2D eigenvalue weighted by Crippen LogP contribution is -2.45. The monoisotopic (exact) mass is 475 g/mol. The van der Waals surface area contributed by atoms with E-state index in [0.29, 0.717) is 16.7 Å². The zero-order valence-electron chi connectivity index (χ0n) is 19.6. The van der Waals surface area contributed by atoms with E-state index in [1.807, 2.05) is 30.3 Å². The lowest BCUT2D eigenvalue weighted by molar-refractivity contribution is -0.135. The van der Waals surface area contributed by atoms with Gasteiger partial charge in [-0.05, 0) is 41.8 Å². The number of hydrogen-bond acceptors (Lipinski definition) is 3. The molecule has 1 heterocycles. The highest BCUT2D eigenvalue weighted by Gasteiger charge is 2.34. The normalized spacial score (nSPS) is 13.7. The van der Waals surface area contributed by atoms with Crippen molar-refractivity contribution < 1.29 is 18.7 Å². The number of hydrogen-bond donors (Lipinski definition) is 1. The Morgan fingerprint density at radius 2 is 1.80 bits per heavy atom. The molecule has 0 bridgehead atoms. The average molecular weight is 476 g/mol. The van der Waals surface area contributed by atoms with Crippen LogP contribution in [0.3, 0.4) is 0 Å². The van der Waals surface area contributed by atoms with E-state index in [1.165, 1.54) is 35.2 Å². The summed E-state index contributed by atoms with van der Waals surface area (Å²) in [5.41, 5.74) is 0.739. The first-order valence-electron chi connectivity index (χ1n) is 11.3. The molecule has 0 fully saturated rings. The highest BCUT2D eigenvalue weighted by molar-refractivity contribution is 5.83. The number of carbonyl (C=O) groups is 1. The van der Waals surface area contributed by atoms with Crippen molar-refractivity contribution in [3.8, 4) is 11.1 Å². The SMILES string of the molecule is C[C@H](C(=O)N(C)CC(O)(Cn1ccnc1)c1ccc(F)cc1)c1ccc(-c2ccccc2)c(F)c1. The standard InChI is InChI=1S/C28H27F2N3O2/c1-20(22-8-13-25(26(30)16-22)21-6-4-3-5-7-21)27(34)32(2)17-28(35,18-33-15-14-31-19-33)23-9-11-24(29)12-10-23/h3-16,19-20,35H,17-18H2,1-2H3/t20-,28?/m0/s1. The smallest absolute Gasteiger partial charge is 0.229 e. The van der Waals surface area contributed by atoms with Crippen LogP contribution in [0, 0.1) is 11.6 Å². The van der Waals surface area contributed by atoms with Gasteiger partial charge in [0.2, 0.25) is 5.91 Å². The largest absolute Gasteiger partial charge is 0.381 e. The van der Waals surface area contributed by atoms with Crippen molar-refractivity contribution in [2.24, 2.45) is 0 Å². The Hall–Kier alpha value is -3.84. The number of imidazole rings is 1. The number of aliphatic hydroxyl groups is 1. The summed E-state index contributed by atoms with van der Waals surface area (Å²) < 4.78 is 30.1. The Balaban J connectivity index is 1.55. The van der Waals surface area contributed by atoms with Gasteiger partial charge in [-0.3, -0.25) is 4.79 Å². The lowest BCUT2D eigenvalue weighted by atomic mass is 9.91. The molecule has 4 aromatic rings. The zero-order valence-corrected chi connectivity index (χ0v) is 19.6. The third kappa shape index (κ3) is 5.46. The number of amides is 1. The van der Waals surface area contributed by atoms with Gasteiger partial charge in [0, 0.05) is 25.0 Å². The molecule has 180 valence electrons. The average Bonchev–Trinajstić information content (AvgIpc) is 3.36. The minimum absolute atomic E-state index is 0.0510. The van der Waals surface area contributed by atoms with E-state index >= 15 is 0 Å². The Labute approximate surface area is 203 Å². The lowest BCUT2D eigenvalue weighted by Gasteiger charge is -2.34. The second-order valence-corrected chi connectivity index (χ2v) is 8.79. The van der Waals surface area contributed by atoms with Crippen molar-refractivity contribution in [3.63, 3.8) is 0 Å². The van der Waals surface area contributed by atoms with Gasteiger partial charge >= 0.3 is 0 Å². The molecule has 0 aliphatic carbocycles. The molecular formula is C28H27F2N3O2.